The number of hydrogen-bond acceptors (Lipinski definition) is 5. The van der Waals surface area contributed by atoms with E-state index >= 15 is 0 Å². The van der Waals surface area contributed by atoms with E-state index in [1.54, 1.807) is 0 Å². The van der Waals surface area contributed by atoms with Crippen molar-refractivity contribution in [3.8, 4) is 23.0 Å². The molecule has 0 amide bonds. The highest BCUT2D eigenvalue weighted by molar-refractivity contribution is 5.91. The summed E-state index contributed by atoms with van der Waals surface area (Å²) in [5.41, 5.74) is -0.648. The minimum atomic E-state index is -4.89. The largest absolute Gasteiger partial charge is 0.573 e. The van der Waals surface area contributed by atoms with Crippen LogP contribution in [0.15, 0.2) is 24.4 Å². The van der Waals surface area contributed by atoms with Gasteiger partial charge in [0, 0.05) is 12.0 Å². The van der Waals surface area contributed by atoms with Crippen molar-refractivity contribution in [1.29, 1.82) is 0 Å². The summed E-state index contributed by atoms with van der Waals surface area (Å²) in [6, 6.07) is 2.94. The second-order valence-corrected chi connectivity index (χ2v) is 5.74. The zero-order valence-electron chi connectivity index (χ0n) is 13.8. The maximum atomic E-state index is 14.5. The van der Waals surface area contributed by atoms with Crippen LogP contribution < -0.4 is 14.2 Å². The molecule has 1 heterocycles. The van der Waals surface area contributed by atoms with E-state index in [1.165, 1.54) is 7.11 Å². The molecule has 1 N–H and O–H groups in total. The molecule has 2 aromatic rings. The van der Waals surface area contributed by atoms with Crippen molar-refractivity contribution >= 4 is 5.97 Å². The van der Waals surface area contributed by atoms with Crippen LogP contribution in [-0.4, -0.2) is 29.5 Å². The van der Waals surface area contributed by atoms with Crippen LogP contribution >= 0.6 is 0 Å². The van der Waals surface area contributed by atoms with Gasteiger partial charge >= 0.3 is 12.3 Å². The fourth-order valence-corrected chi connectivity index (χ4v) is 2.45. The van der Waals surface area contributed by atoms with Gasteiger partial charge in [0.2, 0.25) is 0 Å². The summed E-state index contributed by atoms with van der Waals surface area (Å²) in [4.78, 5) is 15.4. The van der Waals surface area contributed by atoms with Gasteiger partial charge in [0.1, 0.15) is 11.3 Å². The number of aromatic nitrogens is 1. The van der Waals surface area contributed by atoms with Gasteiger partial charge in [0.25, 0.3) is 0 Å². The second kappa shape index (κ2) is 6.93. The molecule has 1 fully saturated rings. The van der Waals surface area contributed by atoms with E-state index in [9.17, 15) is 27.5 Å². The molecule has 1 aliphatic rings. The molecule has 0 bridgehead atoms. The van der Waals surface area contributed by atoms with Crippen LogP contribution in [-0.2, 0) is 0 Å². The topological polar surface area (TPSA) is 77.9 Å². The monoisotopic (exact) mass is 387 g/mol. The molecule has 144 valence electrons. The fourth-order valence-electron chi connectivity index (χ4n) is 2.45. The van der Waals surface area contributed by atoms with Gasteiger partial charge in [-0.25, -0.2) is 9.18 Å². The van der Waals surface area contributed by atoms with Crippen molar-refractivity contribution in [1.82, 2.24) is 4.98 Å². The molecule has 0 atom stereocenters. The Kier molecular flexibility index (Phi) is 4.81. The van der Waals surface area contributed by atoms with Gasteiger partial charge in [-0.05, 0) is 25.0 Å². The molecule has 1 saturated carbocycles. The molecule has 1 aromatic carbocycles. The first-order valence-electron chi connectivity index (χ1n) is 7.73. The number of methoxy groups -OCH3 is 1. The Morgan fingerprint density at radius 2 is 1.93 bits per heavy atom. The summed E-state index contributed by atoms with van der Waals surface area (Å²) in [6.45, 7) is 0. The maximum Gasteiger partial charge on any atom is 0.573 e. The summed E-state index contributed by atoms with van der Waals surface area (Å²) >= 11 is 0. The van der Waals surface area contributed by atoms with E-state index < -0.39 is 35.2 Å². The quantitative estimate of drug-likeness (QED) is 0.736. The van der Waals surface area contributed by atoms with Gasteiger partial charge in [-0.3, -0.25) is 4.98 Å². The molecule has 6 nitrogen and oxygen atoms in total. The predicted molar refractivity (Wildman–Crippen MR) is 82.9 cm³/mol. The summed E-state index contributed by atoms with van der Waals surface area (Å²) in [5.74, 6) is -3.91. The van der Waals surface area contributed by atoms with E-state index in [0.29, 0.717) is 0 Å². The lowest BCUT2D eigenvalue weighted by Crippen LogP contribution is -2.17. The highest BCUT2D eigenvalue weighted by atomic mass is 19.4. The number of nitrogens with zero attached hydrogens (tertiary/aromatic N) is 1. The number of halogens is 4. The molecule has 0 aliphatic heterocycles. The second-order valence-electron chi connectivity index (χ2n) is 5.74. The van der Waals surface area contributed by atoms with Gasteiger partial charge < -0.3 is 19.3 Å². The predicted octanol–water partition coefficient (Wildman–Crippen LogP) is 4.50. The number of aromatic carboxylic acids is 1. The highest BCUT2D eigenvalue weighted by Gasteiger charge is 2.33. The van der Waals surface area contributed by atoms with Gasteiger partial charge in [-0.2, -0.15) is 0 Å². The molecule has 0 saturated heterocycles. The Hall–Kier alpha value is -3.04. The number of hydrogen-bond donors (Lipinski definition) is 1. The number of benzene rings is 1. The number of alkyl halides is 3. The Bertz CT molecular complexity index is 880. The molecule has 10 heteroatoms. The molecule has 27 heavy (non-hydrogen) atoms. The van der Waals surface area contributed by atoms with Gasteiger partial charge in [0.15, 0.2) is 23.1 Å². The summed E-state index contributed by atoms with van der Waals surface area (Å²) in [7, 11) is 1.17. The number of carboxylic acids is 1. The van der Waals surface area contributed by atoms with Crippen molar-refractivity contribution in [3.05, 3.63) is 41.5 Å². The molecular weight excluding hydrogens is 374 g/mol. The number of carbonyl (C=O) groups is 1. The molecule has 0 radical (unpaired) electrons. The van der Waals surface area contributed by atoms with Crippen LogP contribution in [0.25, 0.3) is 0 Å². The first-order chi connectivity index (χ1) is 12.7. The summed E-state index contributed by atoms with van der Waals surface area (Å²) < 4.78 is 65.5. The van der Waals surface area contributed by atoms with Gasteiger partial charge in [-0.1, -0.05) is 0 Å². The van der Waals surface area contributed by atoms with E-state index in [4.69, 9.17) is 9.47 Å². The molecule has 3 rings (SSSR count). The van der Waals surface area contributed by atoms with Crippen molar-refractivity contribution in [3.63, 3.8) is 0 Å². The Morgan fingerprint density at radius 1 is 1.22 bits per heavy atom. The standard InChI is InChI=1S/C17H13F4NO5/c1-25-11-6-9(27-17(19,20)21)4-5-10(11)26-12-7-22-15(8-2-3-8)14(18)13(12)16(23)24/h4-8H,2-3H2,1H3,(H,23,24). The molecule has 1 aromatic heterocycles. The lowest BCUT2D eigenvalue weighted by atomic mass is 10.1. The zero-order valence-corrected chi connectivity index (χ0v) is 13.8. The van der Waals surface area contributed by atoms with Crippen LogP contribution in [0.3, 0.4) is 0 Å². The van der Waals surface area contributed by atoms with Crippen LogP contribution in [0.4, 0.5) is 17.6 Å². The third-order valence-electron chi connectivity index (χ3n) is 3.78. The van der Waals surface area contributed by atoms with E-state index in [0.717, 1.165) is 37.2 Å². The number of pyridine rings is 1. The van der Waals surface area contributed by atoms with Crippen molar-refractivity contribution < 1.29 is 41.7 Å². The van der Waals surface area contributed by atoms with Crippen LogP contribution in [0, 0.1) is 5.82 Å². The smallest absolute Gasteiger partial charge is 0.493 e. The highest BCUT2D eigenvalue weighted by Crippen LogP contribution is 2.43. The Labute approximate surface area is 150 Å². The minimum Gasteiger partial charge on any atom is -0.493 e. The molecule has 0 unspecified atom stereocenters. The van der Waals surface area contributed by atoms with Crippen molar-refractivity contribution in [2.75, 3.05) is 7.11 Å². The normalized spacial score (nSPS) is 14.0. The number of rotatable bonds is 6. The van der Waals surface area contributed by atoms with Crippen LogP contribution in [0.1, 0.15) is 34.8 Å². The lowest BCUT2D eigenvalue weighted by molar-refractivity contribution is -0.274. The van der Waals surface area contributed by atoms with Crippen molar-refractivity contribution in [2.45, 2.75) is 25.1 Å². The maximum absolute atomic E-state index is 14.5. The molecule has 1 aliphatic carbocycles. The molecule has 0 spiro atoms. The number of ether oxygens (including phenoxy) is 3. The minimum absolute atomic E-state index is 0.0561. The lowest BCUT2D eigenvalue weighted by Gasteiger charge is -2.15. The van der Waals surface area contributed by atoms with Gasteiger partial charge in [-0.15, -0.1) is 13.2 Å². The van der Waals surface area contributed by atoms with Crippen molar-refractivity contribution in [2.24, 2.45) is 0 Å². The first-order valence-corrected chi connectivity index (χ1v) is 7.73. The Morgan fingerprint density at radius 3 is 2.48 bits per heavy atom. The van der Waals surface area contributed by atoms with E-state index in [-0.39, 0.29) is 23.1 Å². The summed E-state index contributed by atoms with van der Waals surface area (Å²) in [6.07, 6.45) is -2.38. The summed E-state index contributed by atoms with van der Waals surface area (Å²) in [5, 5.41) is 9.33. The number of carboxylic acid groups (broad SMARTS) is 1. The van der Waals surface area contributed by atoms with Gasteiger partial charge in [0.05, 0.1) is 19.0 Å². The average molecular weight is 387 g/mol. The van der Waals surface area contributed by atoms with E-state index in [2.05, 4.69) is 9.72 Å². The third-order valence-corrected chi connectivity index (χ3v) is 3.78. The fraction of sp³-hybridized carbons (Fsp3) is 0.294. The third kappa shape index (κ3) is 4.21. The molecular formula is C17H13F4NO5. The SMILES string of the molecule is COc1cc(OC(F)(F)F)ccc1Oc1cnc(C2CC2)c(F)c1C(=O)O. The van der Waals surface area contributed by atoms with E-state index in [1.807, 2.05) is 0 Å². The van der Waals surface area contributed by atoms with Crippen LogP contribution in [0.2, 0.25) is 0 Å². The average Bonchev–Trinajstić information content (AvgIpc) is 3.39. The Balaban J connectivity index is 1.95. The van der Waals surface area contributed by atoms with Crippen LogP contribution in [0.5, 0.6) is 23.0 Å². The first kappa shape index (κ1) is 18.7. The zero-order chi connectivity index (χ0) is 19.8.